The fraction of sp³-hybridized carbons (Fsp3) is 0.391. The number of carbonyl (C=O) groups excluding carboxylic acids is 2. The van der Waals surface area contributed by atoms with Gasteiger partial charge in [0.1, 0.15) is 5.75 Å². The van der Waals surface area contributed by atoms with Crippen LogP contribution in [0.5, 0.6) is 5.75 Å². The van der Waals surface area contributed by atoms with Gasteiger partial charge in [-0.2, -0.15) is 0 Å². The van der Waals surface area contributed by atoms with Gasteiger partial charge in [-0.05, 0) is 55.7 Å². The van der Waals surface area contributed by atoms with Gasteiger partial charge in [-0.1, -0.05) is 12.1 Å². The third-order valence-corrected chi connectivity index (χ3v) is 5.19. The molecule has 1 N–H and O–H groups in total. The van der Waals surface area contributed by atoms with E-state index >= 15 is 0 Å². The van der Waals surface area contributed by atoms with E-state index in [0.29, 0.717) is 11.4 Å². The fourth-order valence-corrected chi connectivity index (χ4v) is 3.64. The van der Waals surface area contributed by atoms with Gasteiger partial charge in [-0.3, -0.25) is 9.59 Å². The topological polar surface area (TPSA) is 61.9 Å². The number of amides is 2. The first-order valence-corrected chi connectivity index (χ1v) is 10.1. The molecule has 1 aliphatic rings. The molecule has 0 aliphatic carbocycles. The van der Waals surface area contributed by atoms with Crippen LogP contribution in [0.15, 0.2) is 48.5 Å². The van der Waals surface area contributed by atoms with Crippen LogP contribution in [0.1, 0.15) is 32.6 Å². The second kappa shape index (κ2) is 9.96. The van der Waals surface area contributed by atoms with Crippen molar-refractivity contribution in [3.8, 4) is 5.75 Å². The Balaban J connectivity index is 1.57. The summed E-state index contributed by atoms with van der Waals surface area (Å²) in [5, 5.41) is 2.92. The van der Waals surface area contributed by atoms with Gasteiger partial charge in [0.25, 0.3) is 0 Å². The van der Waals surface area contributed by atoms with Crippen LogP contribution in [0.3, 0.4) is 0 Å². The van der Waals surface area contributed by atoms with Crippen molar-refractivity contribution < 1.29 is 14.3 Å². The third kappa shape index (κ3) is 5.50. The van der Waals surface area contributed by atoms with Gasteiger partial charge >= 0.3 is 0 Å². The van der Waals surface area contributed by atoms with Crippen LogP contribution in [-0.2, 0) is 9.59 Å². The molecule has 0 unspecified atom stereocenters. The smallest absolute Gasteiger partial charge is 0.226 e. The van der Waals surface area contributed by atoms with Crippen molar-refractivity contribution in [2.45, 2.75) is 32.6 Å². The SMILES string of the molecule is COc1ccccc1N(CCC(=O)Nc1ccc(N2CCCCC2)cc1)C(C)=O. The van der Waals surface area contributed by atoms with Gasteiger partial charge in [-0.15, -0.1) is 0 Å². The van der Waals surface area contributed by atoms with Crippen molar-refractivity contribution in [3.63, 3.8) is 0 Å². The number of ether oxygens (including phenoxy) is 1. The lowest BCUT2D eigenvalue weighted by Gasteiger charge is -2.28. The van der Waals surface area contributed by atoms with Crippen molar-refractivity contribution in [1.82, 2.24) is 0 Å². The fourth-order valence-electron chi connectivity index (χ4n) is 3.64. The molecule has 6 nitrogen and oxygen atoms in total. The lowest BCUT2D eigenvalue weighted by Crippen LogP contribution is -2.32. The molecule has 0 bridgehead atoms. The van der Waals surface area contributed by atoms with Crippen molar-refractivity contribution in [1.29, 1.82) is 0 Å². The predicted octanol–water partition coefficient (Wildman–Crippen LogP) is 4.07. The Bertz CT molecular complexity index is 830. The highest BCUT2D eigenvalue weighted by Gasteiger charge is 2.17. The second-order valence-corrected chi connectivity index (χ2v) is 7.24. The van der Waals surface area contributed by atoms with E-state index in [2.05, 4.69) is 22.3 Å². The number of methoxy groups -OCH3 is 1. The van der Waals surface area contributed by atoms with Gasteiger partial charge in [0.15, 0.2) is 0 Å². The third-order valence-electron chi connectivity index (χ3n) is 5.19. The minimum absolute atomic E-state index is 0.128. The molecule has 1 fully saturated rings. The molecule has 1 heterocycles. The Kier molecular flexibility index (Phi) is 7.11. The minimum atomic E-state index is -0.131. The van der Waals surface area contributed by atoms with E-state index < -0.39 is 0 Å². The maximum Gasteiger partial charge on any atom is 0.226 e. The summed E-state index contributed by atoms with van der Waals surface area (Å²) in [7, 11) is 1.57. The molecule has 0 atom stereocenters. The summed E-state index contributed by atoms with van der Waals surface area (Å²) in [5.41, 5.74) is 2.63. The van der Waals surface area contributed by atoms with Crippen molar-refractivity contribution >= 4 is 28.9 Å². The summed E-state index contributed by atoms with van der Waals surface area (Å²) in [4.78, 5) is 28.5. The van der Waals surface area contributed by atoms with Crippen LogP contribution in [0.25, 0.3) is 0 Å². The first-order chi connectivity index (χ1) is 14.1. The van der Waals surface area contributed by atoms with Crippen LogP contribution < -0.4 is 19.9 Å². The Hall–Kier alpha value is -3.02. The van der Waals surface area contributed by atoms with Gasteiger partial charge in [0, 0.05) is 44.4 Å². The molecule has 0 radical (unpaired) electrons. The summed E-state index contributed by atoms with van der Waals surface area (Å²) < 4.78 is 5.34. The van der Waals surface area contributed by atoms with Gasteiger partial charge in [0.2, 0.25) is 11.8 Å². The first kappa shape index (κ1) is 20.7. The Morgan fingerprint density at radius 1 is 1.03 bits per heavy atom. The molecule has 3 rings (SSSR count). The average molecular weight is 396 g/mol. The van der Waals surface area contributed by atoms with Crippen LogP contribution in [0.4, 0.5) is 17.1 Å². The molecule has 1 saturated heterocycles. The van der Waals surface area contributed by atoms with Gasteiger partial charge < -0.3 is 19.9 Å². The number of hydrogen-bond acceptors (Lipinski definition) is 4. The zero-order valence-electron chi connectivity index (χ0n) is 17.2. The standard InChI is InChI=1S/C23H29N3O3/c1-18(27)26(21-8-4-5-9-22(21)29-2)17-14-23(28)24-19-10-12-20(13-11-19)25-15-6-3-7-16-25/h4-5,8-13H,3,6-7,14-17H2,1-2H3,(H,24,28). The zero-order chi connectivity index (χ0) is 20.6. The highest BCUT2D eigenvalue weighted by molar-refractivity contribution is 5.95. The Morgan fingerprint density at radius 2 is 1.72 bits per heavy atom. The molecular weight excluding hydrogens is 366 g/mol. The molecule has 1 aliphatic heterocycles. The molecule has 2 amide bonds. The van der Waals surface area contributed by atoms with Crippen molar-refractivity contribution in [2.75, 3.05) is 41.9 Å². The molecule has 2 aromatic rings. The van der Waals surface area contributed by atoms with E-state index in [1.54, 1.807) is 18.1 Å². The molecule has 0 aromatic heterocycles. The van der Waals surface area contributed by atoms with Gasteiger partial charge in [-0.25, -0.2) is 0 Å². The molecule has 0 spiro atoms. The van der Waals surface area contributed by atoms with E-state index in [1.165, 1.54) is 31.9 Å². The number of nitrogens with one attached hydrogen (secondary N) is 1. The lowest BCUT2D eigenvalue weighted by molar-refractivity contribution is -0.117. The molecule has 0 saturated carbocycles. The largest absolute Gasteiger partial charge is 0.495 e. The summed E-state index contributed by atoms with van der Waals surface area (Å²) in [6.45, 7) is 3.96. The van der Waals surface area contributed by atoms with E-state index in [9.17, 15) is 9.59 Å². The number of anilines is 3. The van der Waals surface area contributed by atoms with E-state index in [4.69, 9.17) is 4.74 Å². The number of para-hydroxylation sites is 2. The Labute approximate surface area is 172 Å². The maximum absolute atomic E-state index is 12.4. The summed E-state index contributed by atoms with van der Waals surface area (Å²) in [6, 6.07) is 15.3. The summed E-state index contributed by atoms with van der Waals surface area (Å²) >= 11 is 0. The number of carbonyl (C=O) groups is 2. The minimum Gasteiger partial charge on any atom is -0.495 e. The van der Waals surface area contributed by atoms with Crippen LogP contribution >= 0.6 is 0 Å². The van der Waals surface area contributed by atoms with E-state index in [-0.39, 0.29) is 24.8 Å². The van der Waals surface area contributed by atoms with Crippen molar-refractivity contribution in [2.24, 2.45) is 0 Å². The number of benzene rings is 2. The van der Waals surface area contributed by atoms with Crippen molar-refractivity contribution in [3.05, 3.63) is 48.5 Å². The van der Waals surface area contributed by atoms with E-state index in [0.717, 1.165) is 18.8 Å². The van der Waals surface area contributed by atoms with Gasteiger partial charge in [0.05, 0.1) is 12.8 Å². The number of rotatable bonds is 7. The first-order valence-electron chi connectivity index (χ1n) is 10.1. The number of hydrogen-bond donors (Lipinski definition) is 1. The monoisotopic (exact) mass is 395 g/mol. The zero-order valence-corrected chi connectivity index (χ0v) is 17.2. The van der Waals surface area contributed by atoms with Crippen LogP contribution in [-0.4, -0.2) is 38.6 Å². The predicted molar refractivity (Wildman–Crippen MR) is 117 cm³/mol. The normalized spacial score (nSPS) is 13.7. The molecular formula is C23H29N3O3. The Morgan fingerprint density at radius 3 is 2.38 bits per heavy atom. The van der Waals surface area contributed by atoms with Crippen LogP contribution in [0, 0.1) is 0 Å². The highest BCUT2D eigenvalue weighted by Crippen LogP contribution is 2.28. The van der Waals surface area contributed by atoms with E-state index in [1.807, 2.05) is 30.3 Å². The maximum atomic E-state index is 12.4. The quantitative estimate of drug-likeness (QED) is 0.768. The molecule has 29 heavy (non-hydrogen) atoms. The highest BCUT2D eigenvalue weighted by atomic mass is 16.5. The number of piperidine rings is 1. The molecule has 154 valence electrons. The number of nitrogens with zero attached hydrogens (tertiary/aromatic N) is 2. The molecule has 6 heteroatoms. The second-order valence-electron chi connectivity index (χ2n) is 7.24. The van der Waals surface area contributed by atoms with Crippen LogP contribution in [0.2, 0.25) is 0 Å². The summed E-state index contributed by atoms with van der Waals surface area (Å²) in [6.07, 6.45) is 3.97. The molecule has 2 aromatic carbocycles. The average Bonchev–Trinajstić information content (AvgIpc) is 2.75. The summed E-state index contributed by atoms with van der Waals surface area (Å²) in [5.74, 6) is 0.349. The lowest BCUT2D eigenvalue weighted by atomic mass is 10.1.